The molecule has 0 aliphatic carbocycles. The van der Waals surface area contributed by atoms with Crippen LogP contribution >= 0.6 is 11.3 Å². The van der Waals surface area contributed by atoms with Crippen LogP contribution in [-0.2, 0) is 33.8 Å². The quantitative estimate of drug-likeness (QED) is 0.365. The molecule has 5 nitrogen and oxygen atoms in total. The maximum atomic E-state index is 13.5. The van der Waals surface area contributed by atoms with E-state index in [0.717, 1.165) is 16.0 Å². The molecule has 33 heavy (non-hydrogen) atoms. The van der Waals surface area contributed by atoms with Crippen LogP contribution in [0, 0.1) is 6.92 Å². The van der Waals surface area contributed by atoms with Gasteiger partial charge >= 0.3 is 0 Å². The molecule has 2 amide bonds. The van der Waals surface area contributed by atoms with Crippen LogP contribution in [0.25, 0.3) is 0 Å². The molecule has 0 radical (unpaired) electrons. The zero-order valence-corrected chi connectivity index (χ0v) is 20.2. The van der Waals surface area contributed by atoms with E-state index in [4.69, 9.17) is 4.74 Å². The molecule has 3 aromatic rings. The van der Waals surface area contributed by atoms with Crippen molar-refractivity contribution in [2.45, 2.75) is 32.9 Å². The third-order valence-electron chi connectivity index (χ3n) is 5.37. The van der Waals surface area contributed by atoms with Gasteiger partial charge in [-0.3, -0.25) is 9.59 Å². The summed E-state index contributed by atoms with van der Waals surface area (Å²) < 4.78 is 5.17. The maximum Gasteiger partial charge on any atom is 0.242 e. The second-order valence-corrected chi connectivity index (χ2v) is 9.44. The molecule has 0 saturated heterocycles. The predicted octanol–water partition coefficient (Wildman–Crippen LogP) is 4.69. The Morgan fingerprint density at radius 1 is 0.818 bits per heavy atom. The van der Waals surface area contributed by atoms with Gasteiger partial charge in [-0.25, -0.2) is 0 Å². The van der Waals surface area contributed by atoms with E-state index in [9.17, 15) is 9.59 Å². The Hall–Kier alpha value is -2.96. The van der Waals surface area contributed by atoms with Crippen LogP contribution in [-0.4, -0.2) is 48.4 Å². The molecule has 0 spiro atoms. The first kappa shape index (κ1) is 24.7. The number of amides is 2. The fraction of sp³-hybridized carbons (Fsp3) is 0.333. The Morgan fingerprint density at radius 2 is 1.48 bits per heavy atom. The minimum atomic E-state index is -0.0521. The second-order valence-electron chi connectivity index (χ2n) is 8.07. The van der Waals surface area contributed by atoms with E-state index in [2.05, 4.69) is 19.1 Å². The van der Waals surface area contributed by atoms with Crippen LogP contribution in [0.15, 0.2) is 72.8 Å². The van der Waals surface area contributed by atoms with Crippen LogP contribution in [0.4, 0.5) is 0 Å². The molecule has 0 saturated carbocycles. The number of carbonyl (C=O) groups is 2. The van der Waals surface area contributed by atoms with Crippen molar-refractivity contribution in [1.82, 2.24) is 9.80 Å². The van der Waals surface area contributed by atoms with Gasteiger partial charge in [0.15, 0.2) is 0 Å². The monoisotopic (exact) mass is 464 g/mol. The van der Waals surface area contributed by atoms with Gasteiger partial charge in [0.1, 0.15) is 0 Å². The highest BCUT2D eigenvalue weighted by atomic mass is 32.1. The lowest BCUT2D eigenvalue weighted by molar-refractivity contribution is -0.141. The molecule has 1 aromatic heterocycles. The number of carbonyl (C=O) groups excluding carboxylic acids is 2. The molecule has 2 aromatic carbocycles. The van der Waals surface area contributed by atoms with Gasteiger partial charge in [-0.1, -0.05) is 60.7 Å². The normalized spacial score (nSPS) is 10.7. The average Bonchev–Trinajstić information content (AvgIpc) is 3.24. The molecule has 0 fully saturated rings. The predicted molar refractivity (Wildman–Crippen MR) is 133 cm³/mol. The number of aryl methyl sites for hydroxylation is 1. The molecule has 0 aliphatic rings. The van der Waals surface area contributed by atoms with Crippen molar-refractivity contribution in [3.05, 3.63) is 93.7 Å². The summed E-state index contributed by atoms with van der Waals surface area (Å²) in [5.74, 6) is -0.0963. The number of benzene rings is 2. The Kier molecular flexibility index (Phi) is 9.66. The Bertz CT molecular complexity index is 1000. The third kappa shape index (κ3) is 8.15. The topological polar surface area (TPSA) is 49.9 Å². The summed E-state index contributed by atoms with van der Waals surface area (Å²) in [6, 6.07) is 23.8. The fourth-order valence-electron chi connectivity index (χ4n) is 3.63. The van der Waals surface area contributed by atoms with Crippen LogP contribution in [0.2, 0.25) is 0 Å². The minimum absolute atomic E-state index is 0.0442. The molecule has 0 unspecified atom stereocenters. The number of nitrogens with zero attached hydrogens (tertiary/aromatic N) is 2. The van der Waals surface area contributed by atoms with Gasteiger partial charge in [0.05, 0.1) is 19.5 Å². The summed E-state index contributed by atoms with van der Waals surface area (Å²) in [4.78, 5) is 32.4. The highest BCUT2D eigenvalue weighted by molar-refractivity contribution is 7.11. The third-order valence-corrected chi connectivity index (χ3v) is 6.35. The van der Waals surface area contributed by atoms with Gasteiger partial charge in [-0.05, 0) is 36.6 Å². The van der Waals surface area contributed by atoms with Gasteiger partial charge in [0, 0.05) is 36.6 Å². The zero-order valence-electron chi connectivity index (χ0n) is 19.4. The van der Waals surface area contributed by atoms with Crippen LogP contribution in [0.1, 0.15) is 27.3 Å². The van der Waals surface area contributed by atoms with Crippen LogP contribution < -0.4 is 0 Å². The summed E-state index contributed by atoms with van der Waals surface area (Å²) in [5.41, 5.74) is 2.02. The Morgan fingerprint density at radius 3 is 2.09 bits per heavy atom. The summed E-state index contributed by atoms with van der Waals surface area (Å²) >= 11 is 1.70. The number of hydrogen-bond acceptors (Lipinski definition) is 4. The first-order valence-electron chi connectivity index (χ1n) is 11.2. The highest BCUT2D eigenvalue weighted by Crippen LogP contribution is 2.19. The fourth-order valence-corrected chi connectivity index (χ4v) is 4.54. The molecule has 0 aliphatic heterocycles. The van der Waals surface area contributed by atoms with Gasteiger partial charge < -0.3 is 14.5 Å². The zero-order chi connectivity index (χ0) is 23.5. The molecule has 6 heteroatoms. The first-order chi connectivity index (χ1) is 16.0. The van der Waals surface area contributed by atoms with Crippen molar-refractivity contribution < 1.29 is 14.3 Å². The summed E-state index contributed by atoms with van der Waals surface area (Å²) in [5, 5.41) is 0. The largest absolute Gasteiger partial charge is 0.385 e. The number of hydrogen-bond donors (Lipinski definition) is 0. The van der Waals surface area contributed by atoms with Crippen molar-refractivity contribution in [2.24, 2.45) is 0 Å². The van der Waals surface area contributed by atoms with E-state index in [1.165, 1.54) is 4.88 Å². The number of thiophene rings is 1. The Labute approximate surface area is 200 Å². The van der Waals surface area contributed by atoms with Crippen LogP contribution in [0.5, 0.6) is 0 Å². The van der Waals surface area contributed by atoms with E-state index in [0.29, 0.717) is 32.7 Å². The molecule has 0 bridgehead atoms. The molecule has 0 N–H and O–H groups in total. The molecule has 1 heterocycles. The Balaban J connectivity index is 1.74. The van der Waals surface area contributed by atoms with Gasteiger partial charge in [-0.15, -0.1) is 11.3 Å². The van der Waals surface area contributed by atoms with Gasteiger partial charge in [-0.2, -0.15) is 0 Å². The first-order valence-corrected chi connectivity index (χ1v) is 12.0. The van der Waals surface area contributed by atoms with E-state index in [-0.39, 0.29) is 24.8 Å². The lowest BCUT2D eigenvalue weighted by Gasteiger charge is -2.28. The molecule has 0 atom stereocenters. The van der Waals surface area contributed by atoms with Crippen molar-refractivity contribution in [1.29, 1.82) is 0 Å². The SMILES string of the molecule is COCCCN(CC(=O)N(Cc1ccccc1)Cc1ccc(C)s1)C(=O)Cc1ccccc1. The van der Waals surface area contributed by atoms with Crippen molar-refractivity contribution in [2.75, 3.05) is 26.8 Å². The second kappa shape index (κ2) is 12.9. The average molecular weight is 465 g/mol. The minimum Gasteiger partial charge on any atom is -0.385 e. The van der Waals surface area contributed by atoms with E-state index >= 15 is 0 Å². The van der Waals surface area contributed by atoms with Crippen molar-refractivity contribution in [3.8, 4) is 0 Å². The summed E-state index contributed by atoms with van der Waals surface area (Å²) in [6.07, 6.45) is 0.969. The molecule has 174 valence electrons. The summed E-state index contributed by atoms with van der Waals surface area (Å²) in [7, 11) is 1.64. The van der Waals surface area contributed by atoms with E-state index in [1.54, 1.807) is 23.3 Å². The number of ether oxygens (including phenoxy) is 1. The summed E-state index contributed by atoms with van der Waals surface area (Å²) in [6.45, 7) is 4.21. The molecular weight excluding hydrogens is 432 g/mol. The lowest BCUT2D eigenvalue weighted by atomic mass is 10.1. The van der Waals surface area contributed by atoms with E-state index < -0.39 is 0 Å². The van der Waals surface area contributed by atoms with Crippen molar-refractivity contribution >= 4 is 23.2 Å². The van der Waals surface area contributed by atoms with Gasteiger partial charge in [0.25, 0.3) is 0 Å². The van der Waals surface area contributed by atoms with Gasteiger partial charge in [0.2, 0.25) is 11.8 Å². The lowest BCUT2D eigenvalue weighted by Crippen LogP contribution is -2.43. The van der Waals surface area contributed by atoms with E-state index in [1.807, 2.05) is 65.6 Å². The standard InChI is InChI=1S/C27H32N2O3S/c1-22-14-15-25(33-22)20-29(19-24-12-7-4-8-13-24)27(31)21-28(16-9-17-32-2)26(30)18-23-10-5-3-6-11-23/h3-8,10-15H,9,16-21H2,1-2H3. The maximum absolute atomic E-state index is 13.5. The van der Waals surface area contributed by atoms with Crippen LogP contribution in [0.3, 0.4) is 0 Å². The molecular formula is C27H32N2O3S. The molecule has 3 rings (SSSR count). The van der Waals surface area contributed by atoms with Crippen molar-refractivity contribution in [3.63, 3.8) is 0 Å². The number of methoxy groups -OCH3 is 1. The number of rotatable bonds is 12. The smallest absolute Gasteiger partial charge is 0.242 e. The highest BCUT2D eigenvalue weighted by Gasteiger charge is 2.22.